The molecule has 20 heavy (non-hydrogen) atoms. The smallest absolute Gasteiger partial charge is 0.243 e. The molecule has 1 aromatic rings. The van der Waals surface area contributed by atoms with E-state index in [9.17, 15) is 12.8 Å². The lowest BCUT2D eigenvalue weighted by atomic mass is 9.94. The van der Waals surface area contributed by atoms with Gasteiger partial charge in [0.25, 0.3) is 0 Å². The second-order valence-electron chi connectivity index (χ2n) is 4.93. The minimum Gasteiger partial charge on any atom is -0.381 e. The minimum absolute atomic E-state index is 0.219. The molecule has 1 N–H and O–H groups in total. The Morgan fingerprint density at radius 1 is 1.40 bits per heavy atom. The molecule has 1 aromatic carbocycles. The third-order valence-corrected chi connectivity index (χ3v) is 5.58. The largest absolute Gasteiger partial charge is 0.381 e. The van der Waals surface area contributed by atoms with Gasteiger partial charge < -0.3 is 4.74 Å². The molecule has 2 rings (SSSR count). The van der Waals surface area contributed by atoms with Crippen LogP contribution in [-0.2, 0) is 14.8 Å². The van der Waals surface area contributed by atoms with Crippen LogP contribution in [0.5, 0.6) is 0 Å². The second-order valence-corrected chi connectivity index (χ2v) is 7.53. The average molecular weight is 366 g/mol. The third kappa shape index (κ3) is 3.78. The van der Waals surface area contributed by atoms with Crippen molar-refractivity contribution in [1.82, 2.24) is 4.72 Å². The number of hydrogen-bond donors (Lipinski definition) is 1. The fraction of sp³-hybridized carbons (Fsp3) is 0.538. The highest BCUT2D eigenvalue weighted by molar-refractivity contribution is 9.10. The van der Waals surface area contributed by atoms with Crippen molar-refractivity contribution in [3.8, 4) is 0 Å². The van der Waals surface area contributed by atoms with Gasteiger partial charge in [-0.15, -0.1) is 0 Å². The summed E-state index contributed by atoms with van der Waals surface area (Å²) in [6.45, 7) is 3.09. The maximum Gasteiger partial charge on any atom is 0.243 e. The van der Waals surface area contributed by atoms with E-state index in [1.807, 2.05) is 6.92 Å². The fourth-order valence-corrected chi connectivity index (χ4v) is 4.02. The topological polar surface area (TPSA) is 55.4 Å². The molecule has 0 saturated carbocycles. The lowest BCUT2D eigenvalue weighted by Crippen LogP contribution is -2.40. The van der Waals surface area contributed by atoms with Crippen molar-refractivity contribution in [3.05, 3.63) is 28.5 Å². The summed E-state index contributed by atoms with van der Waals surface area (Å²) in [6.07, 6.45) is 1.62. The van der Waals surface area contributed by atoms with E-state index in [0.29, 0.717) is 17.7 Å². The first-order chi connectivity index (χ1) is 9.40. The normalized spacial score (nSPS) is 18.9. The highest BCUT2D eigenvalue weighted by atomic mass is 79.9. The molecule has 1 heterocycles. The van der Waals surface area contributed by atoms with Gasteiger partial charge in [-0.05, 0) is 43.9 Å². The van der Waals surface area contributed by atoms with Crippen molar-refractivity contribution >= 4 is 26.0 Å². The van der Waals surface area contributed by atoms with Gasteiger partial charge in [0.1, 0.15) is 10.7 Å². The van der Waals surface area contributed by atoms with Gasteiger partial charge in [0, 0.05) is 23.7 Å². The van der Waals surface area contributed by atoms with Crippen LogP contribution < -0.4 is 4.72 Å². The van der Waals surface area contributed by atoms with Crippen LogP contribution in [0.4, 0.5) is 4.39 Å². The Morgan fingerprint density at radius 3 is 2.65 bits per heavy atom. The van der Waals surface area contributed by atoms with Crippen molar-refractivity contribution in [2.75, 3.05) is 13.2 Å². The minimum atomic E-state index is -3.84. The van der Waals surface area contributed by atoms with Gasteiger partial charge in [-0.2, -0.15) is 0 Å². The lowest BCUT2D eigenvalue weighted by Gasteiger charge is -2.28. The van der Waals surface area contributed by atoms with Crippen molar-refractivity contribution in [1.29, 1.82) is 0 Å². The Balaban J connectivity index is 2.13. The van der Waals surface area contributed by atoms with Gasteiger partial charge in [-0.1, -0.05) is 15.9 Å². The van der Waals surface area contributed by atoms with Crippen molar-refractivity contribution in [2.24, 2.45) is 5.92 Å². The van der Waals surface area contributed by atoms with Crippen LogP contribution in [-0.4, -0.2) is 27.7 Å². The van der Waals surface area contributed by atoms with Crippen molar-refractivity contribution in [2.45, 2.75) is 30.7 Å². The molecule has 1 aliphatic heterocycles. The SMILES string of the molecule is CC(NS(=O)(=O)c1ccc(Br)cc1F)C1CCOCC1. The predicted molar refractivity (Wildman–Crippen MR) is 77.4 cm³/mol. The van der Waals surface area contributed by atoms with E-state index in [-0.39, 0.29) is 16.9 Å². The molecule has 112 valence electrons. The number of ether oxygens (including phenoxy) is 1. The average Bonchev–Trinajstić information content (AvgIpc) is 2.38. The van der Waals surface area contributed by atoms with Crippen LogP contribution in [0, 0.1) is 11.7 Å². The highest BCUT2D eigenvalue weighted by Crippen LogP contribution is 2.23. The maximum absolute atomic E-state index is 13.8. The van der Waals surface area contributed by atoms with E-state index in [1.54, 1.807) is 0 Å². The standard InChI is InChI=1S/C13H17BrFNO3S/c1-9(10-4-6-19-7-5-10)16-20(17,18)13-3-2-11(14)8-12(13)15/h2-3,8-10,16H,4-7H2,1H3. The van der Waals surface area contributed by atoms with Gasteiger partial charge in [-0.3, -0.25) is 0 Å². The van der Waals surface area contributed by atoms with Gasteiger partial charge >= 0.3 is 0 Å². The number of halogens is 2. The summed E-state index contributed by atoms with van der Waals surface area (Å²) in [7, 11) is -3.84. The molecule has 0 bridgehead atoms. The molecule has 0 aliphatic carbocycles. The summed E-state index contributed by atoms with van der Waals surface area (Å²) in [6, 6.07) is 3.68. The van der Waals surface area contributed by atoms with E-state index >= 15 is 0 Å². The predicted octanol–water partition coefficient (Wildman–Crippen LogP) is 2.68. The molecule has 1 fully saturated rings. The van der Waals surface area contributed by atoms with Crippen LogP contribution in [0.15, 0.2) is 27.6 Å². The molecule has 1 unspecified atom stereocenters. The summed E-state index contributed by atoms with van der Waals surface area (Å²) in [4.78, 5) is -0.320. The van der Waals surface area contributed by atoms with E-state index in [4.69, 9.17) is 4.74 Å². The Hall–Kier alpha value is -0.500. The quantitative estimate of drug-likeness (QED) is 0.892. The zero-order chi connectivity index (χ0) is 14.8. The summed E-state index contributed by atoms with van der Waals surface area (Å²) in [5.74, 6) is -0.539. The van der Waals surface area contributed by atoms with Crippen LogP contribution in [0.3, 0.4) is 0 Å². The lowest BCUT2D eigenvalue weighted by molar-refractivity contribution is 0.0585. The molecule has 1 saturated heterocycles. The van der Waals surface area contributed by atoms with E-state index in [1.165, 1.54) is 12.1 Å². The number of nitrogens with one attached hydrogen (secondary N) is 1. The number of rotatable bonds is 4. The first-order valence-corrected chi connectivity index (χ1v) is 8.73. The Labute approximate surface area is 126 Å². The van der Waals surface area contributed by atoms with Gasteiger partial charge in [-0.25, -0.2) is 17.5 Å². The molecule has 0 spiro atoms. The Morgan fingerprint density at radius 2 is 2.05 bits per heavy atom. The van der Waals surface area contributed by atoms with E-state index in [0.717, 1.165) is 18.9 Å². The molecular weight excluding hydrogens is 349 g/mol. The first-order valence-electron chi connectivity index (χ1n) is 6.45. The number of sulfonamides is 1. The number of hydrogen-bond acceptors (Lipinski definition) is 3. The fourth-order valence-electron chi connectivity index (χ4n) is 2.31. The van der Waals surface area contributed by atoms with Crippen LogP contribution >= 0.6 is 15.9 Å². The molecular formula is C13H17BrFNO3S. The molecule has 4 nitrogen and oxygen atoms in total. The second kappa shape index (κ2) is 6.51. The molecule has 1 aliphatic rings. The first kappa shape index (κ1) is 15.9. The highest BCUT2D eigenvalue weighted by Gasteiger charge is 2.27. The zero-order valence-electron chi connectivity index (χ0n) is 11.1. The summed E-state index contributed by atoms with van der Waals surface area (Å²) in [5, 5.41) is 0. The van der Waals surface area contributed by atoms with Gasteiger partial charge in [0.05, 0.1) is 0 Å². The molecule has 7 heteroatoms. The van der Waals surface area contributed by atoms with Crippen molar-refractivity contribution < 1.29 is 17.5 Å². The van der Waals surface area contributed by atoms with Crippen LogP contribution in [0.1, 0.15) is 19.8 Å². The third-order valence-electron chi connectivity index (χ3n) is 3.50. The van der Waals surface area contributed by atoms with Gasteiger partial charge in [0.15, 0.2) is 0 Å². The zero-order valence-corrected chi connectivity index (χ0v) is 13.5. The van der Waals surface area contributed by atoms with Crippen LogP contribution in [0.2, 0.25) is 0 Å². The van der Waals surface area contributed by atoms with E-state index < -0.39 is 15.8 Å². The Kier molecular flexibility index (Phi) is 5.17. The molecule has 0 radical (unpaired) electrons. The summed E-state index contributed by atoms with van der Waals surface area (Å²) >= 11 is 3.11. The molecule has 1 atom stereocenters. The Bertz CT molecular complexity index is 573. The van der Waals surface area contributed by atoms with E-state index in [2.05, 4.69) is 20.7 Å². The molecule has 0 amide bonds. The number of benzene rings is 1. The molecule has 0 aromatic heterocycles. The maximum atomic E-state index is 13.8. The van der Waals surface area contributed by atoms with Crippen molar-refractivity contribution in [3.63, 3.8) is 0 Å². The summed E-state index contributed by atoms with van der Waals surface area (Å²) in [5.41, 5.74) is 0. The van der Waals surface area contributed by atoms with Crippen LogP contribution in [0.25, 0.3) is 0 Å². The summed E-state index contributed by atoms with van der Waals surface area (Å²) < 4.78 is 46.5. The van der Waals surface area contributed by atoms with Gasteiger partial charge in [0.2, 0.25) is 10.0 Å². The monoisotopic (exact) mass is 365 g/mol.